The van der Waals surface area contributed by atoms with Crippen molar-refractivity contribution in [3.05, 3.63) is 158 Å². The zero-order chi connectivity index (χ0) is 57.6. The smallest absolute Gasteiger partial charge is 0.306 e. The Bertz CT molecular complexity index is 1730. The Morgan fingerprint density at radius 2 is 0.500 bits per heavy atom. The minimum Gasteiger partial charge on any atom is -0.462 e. The van der Waals surface area contributed by atoms with E-state index in [1.165, 1.54) is 116 Å². The van der Waals surface area contributed by atoms with Crippen LogP contribution in [0.1, 0.15) is 284 Å². The zero-order valence-electron chi connectivity index (χ0n) is 51.8. The Hall–Kier alpha value is -4.48. The lowest BCUT2D eigenvalue weighted by Crippen LogP contribution is -2.28. The summed E-state index contributed by atoms with van der Waals surface area (Å²) in [4.78, 5) is 24.6. The highest BCUT2D eigenvalue weighted by atomic mass is 16.6. The van der Waals surface area contributed by atoms with E-state index < -0.39 is 6.10 Å². The largest absolute Gasteiger partial charge is 0.462 e. The molecule has 0 aromatic heterocycles. The first-order valence-electron chi connectivity index (χ1n) is 33.0. The fourth-order valence-corrected chi connectivity index (χ4v) is 8.95. The number of carbonyl (C=O) groups excluding carboxylic acids is 2. The van der Waals surface area contributed by atoms with Crippen LogP contribution in [0.15, 0.2) is 158 Å². The third-order valence-corrected chi connectivity index (χ3v) is 13.8. The van der Waals surface area contributed by atoms with Gasteiger partial charge in [-0.15, -0.1) is 0 Å². The summed E-state index contributed by atoms with van der Waals surface area (Å²) in [6.07, 6.45) is 105. The lowest BCUT2D eigenvalue weighted by molar-refractivity contribution is -0.161. The van der Waals surface area contributed by atoms with Crippen molar-refractivity contribution in [3.63, 3.8) is 0 Å². The molecule has 0 aliphatic rings. The number of carbonyl (C=O) groups is 2. The van der Waals surface area contributed by atoms with Crippen molar-refractivity contribution in [2.75, 3.05) is 13.2 Å². The Balaban J connectivity index is 3.55. The van der Waals surface area contributed by atoms with E-state index in [1.807, 2.05) is 0 Å². The number of hydrogen-bond acceptors (Lipinski definition) is 5. The maximum atomic E-state index is 12.3. The number of ether oxygens (including phenoxy) is 2. The first-order chi connectivity index (χ1) is 39.6. The number of unbranched alkanes of at least 4 members (excludes halogenated alkanes) is 25. The van der Waals surface area contributed by atoms with Gasteiger partial charge < -0.3 is 14.6 Å². The Morgan fingerprint density at radius 3 is 0.750 bits per heavy atom. The van der Waals surface area contributed by atoms with E-state index in [-0.39, 0.29) is 25.2 Å². The number of hydrogen-bond donors (Lipinski definition) is 1. The van der Waals surface area contributed by atoms with E-state index >= 15 is 0 Å². The minimum atomic E-state index is -0.794. The normalized spacial score (nSPS) is 13.3. The molecule has 5 nitrogen and oxygen atoms in total. The molecule has 0 heterocycles. The summed E-state index contributed by atoms with van der Waals surface area (Å²) in [5.74, 6) is -0.614. The summed E-state index contributed by atoms with van der Waals surface area (Å²) in [6, 6.07) is 0. The van der Waals surface area contributed by atoms with Crippen molar-refractivity contribution in [1.82, 2.24) is 0 Å². The average molecular weight is 1100 g/mol. The lowest BCUT2D eigenvalue weighted by Gasteiger charge is -2.15. The fraction of sp³-hybridized carbons (Fsp3) is 0.627. The van der Waals surface area contributed by atoms with Gasteiger partial charge in [-0.25, -0.2) is 0 Å². The molecule has 0 radical (unpaired) electrons. The van der Waals surface area contributed by atoms with Gasteiger partial charge >= 0.3 is 11.9 Å². The van der Waals surface area contributed by atoms with Gasteiger partial charge in [0, 0.05) is 12.8 Å². The molecule has 0 saturated carbocycles. The summed E-state index contributed by atoms with van der Waals surface area (Å²) in [6.45, 7) is 3.91. The predicted octanol–water partition coefficient (Wildman–Crippen LogP) is 23.1. The van der Waals surface area contributed by atoms with E-state index in [4.69, 9.17) is 9.47 Å². The summed E-state index contributed by atoms with van der Waals surface area (Å²) < 4.78 is 10.7. The van der Waals surface area contributed by atoms with Gasteiger partial charge in [-0.2, -0.15) is 0 Å². The molecule has 1 N–H and O–H groups in total. The van der Waals surface area contributed by atoms with Gasteiger partial charge in [-0.1, -0.05) is 307 Å². The molecule has 80 heavy (non-hydrogen) atoms. The molecule has 0 spiro atoms. The Kier molecular flexibility index (Phi) is 64.9. The predicted molar refractivity (Wildman–Crippen MR) is 352 cm³/mol. The Labute approximate surface area is 494 Å². The van der Waals surface area contributed by atoms with Gasteiger partial charge in [0.05, 0.1) is 6.61 Å². The first-order valence-corrected chi connectivity index (χ1v) is 33.0. The maximum Gasteiger partial charge on any atom is 0.306 e. The van der Waals surface area contributed by atoms with Crippen LogP contribution >= 0.6 is 0 Å². The molecule has 0 fully saturated rings. The lowest BCUT2D eigenvalue weighted by atomic mass is 10.0. The van der Waals surface area contributed by atoms with Crippen molar-refractivity contribution in [2.24, 2.45) is 0 Å². The van der Waals surface area contributed by atoms with E-state index in [0.717, 1.165) is 141 Å². The van der Waals surface area contributed by atoms with Crippen LogP contribution in [0.3, 0.4) is 0 Å². The van der Waals surface area contributed by atoms with Crippen LogP contribution in [0.4, 0.5) is 0 Å². The fourth-order valence-electron chi connectivity index (χ4n) is 8.95. The minimum absolute atomic E-state index is 0.0809. The summed E-state index contributed by atoms with van der Waals surface area (Å²) in [7, 11) is 0. The van der Waals surface area contributed by atoms with Gasteiger partial charge in [-0.05, 0) is 122 Å². The van der Waals surface area contributed by atoms with E-state index in [9.17, 15) is 14.7 Å². The number of esters is 2. The second-order valence-corrected chi connectivity index (χ2v) is 21.4. The van der Waals surface area contributed by atoms with E-state index in [1.54, 1.807) is 0 Å². The van der Waals surface area contributed by atoms with Crippen molar-refractivity contribution in [1.29, 1.82) is 0 Å². The molecule has 1 unspecified atom stereocenters. The van der Waals surface area contributed by atoms with Crippen LogP contribution in [0.2, 0.25) is 0 Å². The molecular formula is C75H122O5. The standard InChI is InChI=1S/C75H122O5/c1-3-5-7-9-11-13-15-17-19-21-23-25-27-29-31-33-35-37-39-41-43-45-47-49-51-53-55-57-59-61-63-65-67-69-74(77)79-72-73(71-76)80-75(78)70-68-66-64-62-60-58-56-54-52-50-48-46-44-42-40-38-36-34-32-30-28-26-24-22-20-18-16-14-12-10-8-6-4-2/h5-8,11-14,17-20,23-26,30,32,36,38,42,44,48,50,54,56,73,76H,3-4,9-10,15-16,21-22,27-29,31,33-35,37,39-41,43,45-47,49,51-53,55,57-72H2,1-2H3/b7-5-,8-6-,13-11-,14-12-,19-17-,20-18-,25-23-,26-24-,32-30-,38-36-,44-42-,50-48-,56-54-. The number of aliphatic hydroxyl groups is 1. The summed E-state index contributed by atoms with van der Waals surface area (Å²) in [5.41, 5.74) is 0. The SMILES string of the molecule is CC/C=C\C/C=C\C/C=C\C/C=C\C/C=C\C/C=C\C/C=C\C/C=C\C/C=C\CCCCCCCC(=O)OC(CO)COC(=O)CCCCCCCCCCCCCCCCCCCCCC/C=C\C/C=C\C/C=C\C/C=C\CC. The molecule has 0 aliphatic carbocycles. The monoisotopic (exact) mass is 1100 g/mol. The highest BCUT2D eigenvalue weighted by Crippen LogP contribution is 2.16. The molecule has 1 atom stereocenters. The van der Waals surface area contributed by atoms with Crippen LogP contribution in [0.5, 0.6) is 0 Å². The summed E-state index contributed by atoms with van der Waals surface area (Å²) in [5, 5.41) is 9.69. The molecule has 0 aromatic rings. The van der Waals surface area contributed by atoms with E-state index in [2.05, 4.69) is 172 Å². The number of allylic oxidation sites excluding steroid dienone is 26. The van der Waals surface area contributed by atoms with Crippen molar-refractivity contribution < 1.29 is 24.2 Å². The van der Waals surface area contributed by atoms with Crippen LogP contribution in [-0.2, 0) is 19.1 Å². The van der Waals surface area contributed by atoms with Crippen LogP contribution < -0.4 is 0 Å². The molecule has 0 aliphatic heterocycles. The molecule has 0 rings (SSSR count). The maximum absolute atomic E-state index is 12.3. The highest BCUT2D eigenvalue weighted by molar-refractivity contribution is 5.70. The summed E-state index contributed by atoms with van der Waals surface area (Å²) >= 11 is 0. The van der Waals surface area contributed by atoms with Gasteiger partial charge in [0.1, 0.15) is 6.61 Å². The molecular weight excluding hydrogens is 981 g/mol. The second kappa shape index (κ2) is 68.8. The van der Waals surface area contributed by atoms with Crippen molar-refractivity contribution >= 4 is 11.9 Å². The molecule has 0 saturated heterocycles. The zero-order valence-corrected chi connectivity index (χ0v) is 51.8. The van der Waals surface area contributed by atoms with Crippen molar-refractivity contribution in [2.45, 2.75) is 290 Å². The first kappa shape index (κ1) is 75.5. The molecule has 0 aromatic carbocycles. The second-order valence-electron chi connectivity index (χ2n) is 21.4. The van der Waals surface area contributed by atoms with Crippen LogP contribution in [0.25, 0.3) is 0 Å². The molecule has 452 valence electrons. The average Bonchev–Trinajstić information content (AvgIpc) is 3.46. The molecule has 5 heteroatoms. The van der Waals surface area contributed by atoms with Crippen LogP contribution in [-0.4, -0.2) is 36.4 Å². The molecule has 0 amide bonds. The van der Waals surface area contributed by atoms with Gasteiger partial charge in [0.2, 0.25) is 0 Å². The third kappa shape index (κ3) is 66.0. The Morgan fingerprint density at radius 1 is 0.287 bits per heavy atom. The van der Waals surface area contributed by atoms with Gasteiger partial charge in [-0.3, -0.25) is 9.59 Å². The van der Waals surface area contributed by atoms with Gasteiger partial charge in [0.15, 0.2) is 6.10 Å². The third-order valence-electron chi connectivity index (χ3n) is 13.8. The van der Waals surface area contributed by atoms with Crippen LogP contribution in [0, 0.1) is 0 Å². The highest BCUT2D eigenvalue weighted by Gasteiger charge is 2.16. The number of aliphatic hydroxyl groups excluding tert-OH is 1. The van der Waals surface area contributed by atoms with Gasteiger partial charge in [0.25, 0.3) is 0 Å². The van der Waals surface area contributed by atoms with E-state index in [0.29, 0.717) is 12.8 Å². The molecule has 0 bridgehead atoms. The quantitative estimate of drug-likeness (QED) is 0.0373. The number of rotatable bonds is 59. The topological polar surface area (TPSA) is 72.8 Å². The van der Waals surface area contributed by atoms with Crippen molar-refractivity contribution in [3.8, 4) is 0 Å².